The number of methoxy groups -OCH3 is 1. The number of ether oxygens (including phenoxy) is 4. The molecule has 38 heavy (non-hydrogen) atoms. The van der Waals surface area contributed by atoms with Gasteiger partial charge in [-0.3, -0.25) is 14.5 Å². The van der Waals surface area contributed by atoms with E-state index in [0.29, 0.717) is 66.5 Å². The Morgan fingerprint density at radius 1 is 1.05 bits per heavy atom. The fraction of sp³-hybridized carbons (Fsp3) is 0.407. The van der Waals surface area contributed by atoms with E-state index >= 15 is 0 Å². The molecule has 0 aliphatic carbocycles. The van der Waals surface area contributed by atoms with E-state index < -0.39 is 17.7 Å². The van der Waals surface area contributed by atoms with E-state index in [4.69, 9.17) is 18.9 Å². The Balaban J connectivity index is 1.54. The number of benzene rings is 2. The normalized spacial score (nSPS) is 21.1. The Hall–Kier alpha value is -3.28. The van der Waals surface area contributed by atoms with Crippen molar-refractivity contribution in [3.05, 3.63) is 51.5 Å². The van der Waals surface area contributed by atoms with Crippen molar-refractivity contribution in [3.8, 4) is 23.0 Å². The average Bonchev–Trinajstić information content (AvgIpc) is 3.19. The molecule has 3 heterocycles. The van der Waals surface area contributed by atoms with Crippen molar-refractivity contribution in [3.63, 3.8) is 0 Å². The lowest BCUT2D eigenvalue weighted by molar-refractivity contribution is -0.140. The Kier molecular flexibility index (Phi) is 7.78. The van der Waals surface area contributed by atoms with Crippen molar-refractivity contribution in [2.75, 3.05) is 59.7 Å². The highest BCUT2D eigenvalue weighted by Crippen LogP contribution is 2.45. The molecule has 5 rings (SSSR count). The highest BCUT2D eigenvalue weighted by Gasteiger charge is 2.46. The smallest absolute Gasteiger partial charge is 0.295 e. The zero-order valence-electron chi connectivity index (χ0n) is 20.9. The zero-order chi connectivity index (χ0) is 26.8. The Labute approximate surface area is 228 Å². The van der Waals surface area contributed by atoms with E-state index in [2.05, 4.69) is 20.8 Å². The van der Waals surface area contributed by atoms with Gasteiger partial charge in [-0.2, -0.15) is 0 Å². The summed E-state index contributed by atoms with van der Waals surface area (Å²) in [5, 5.41) is 21.8. The molecule has 0 aromatic heterocycles. The highest BCUT2D eigenvalue weighted by molar-refractivity contribution is 9.10. The molecule has 2 aromatic rings. The average molecular weight is 589 g/mol. The van der Waals surface area contributed by atoms with Gasteiger partial charge in [0.1, 0.15) is 19.0 Å². The summed E-state index contributed by atoms with van der Waals surface area (Å²) in [4.78, 5) is 30.4. The SMILES string of the molecule is COc1cc([C@H]2/C(=C(\O)c3ccc4c(c3)OCCO4)C(=O)C(=O)N2CCCN2CCOCC2)cc(Br)c1O. The van der Waals surface area contributed by atoms with Crippen LogP contribution in [0.1, 0.15) is 23.6 Å². The van der Waals surface area contributed by atoms with Crippen LogP contribution in [0.25, 0.3) is 5.76 Å². The number of likely N-dealkylation sites (tertiary alicyclic amines) is 1. The summed E-state index contributed by atoms with van der Waals surface area (Å²) in [5.74, 6) is -0.731. The second-order valence-corrected chi connectivity index (χ2v) is 10.1. The summed E-state index contributed by atoms with van der Waals surface area (Å²) in [7, 11) is 1.42. The Bertz CT molecular complexity index is 1270. The molecule has 2 saturated heterocycles. The lowest BCUT2D eigenvalue weighted by Crippen LogP contribution is -2.39. The van der Waals surface area contributed by atoms with E-state index in [1.807, 2.05) is 0 Å². The summed E-state index contributed by atoms with van der Waals surface area (Å²) < 4.78 is 22.3. The number of amides is 1. The number of morpholine rings is 1. The highest BCUT2D eigenvalue weighted by atomic mass is 79.9. The lowest BCUT2D eigenvalue weighted by atomic mass is 9.94. The van der Waals surface area contributed by atoms with Crippen molar-refractivity contribution in [1.29, 1.82) is 0 Å². The van der Waals surface area contributed by atoms with Gasteiger partial charge in [0, 0.05) is 31.7 Å². The standard InChI is InChI=1S/C27H29BrN2O8/c1-35-21-15-17(13-18(28)25(21)32)23-22(24(31)16-3-4-19-20(14-16)38-12-11-37-19)26(33)27(34)30(23)6-2-5-29-7-9-36-10-8-29/h3-4,13-15,23,31-32H,2,5-12H2,1H3/b24-22+/t23-/m0/s1. The van der Waals surface area contributed by atoms with Gasteiger partial charge in [-0.1, -0.05) is 0 Å². The molecule has 0 radical (unpaired) electrons. The van der Waals surface area contributed by atoms with Crippen molar-refractivity contribution in [2.45, 2.75) is 12.5 Å². The first-order valence-electron chi connectivity index (χ1n) is 12.4. The van der Waals surface area contributed by atoms with Crippen LogP contribution >= 0.6 is 15.9 Å². The quantitative estimate of drug-likeness (QED) is 0.286. The van der Waals surface area contributed by atoms with Gasteiger partial charge in [0.05, 0.1) is 36.4 Å². The molecule has 0 unspecified atom stereocenters. The number of nitrogens with zero attached hydrogens (tertiary/aromatic N) is 2. The molecule has 0 bridgehead atoms. The molecule has 11 heteroatoms. The maximum absolute atomic E-state index is 13.4. The fourth-order valence-corrected chi connectivity index (χ4v) is 5.46. The van der Waals surface area contributed by atoms with Gasteiger partial charge in [-0.05, 0) is 58.2 Å². The van der Waals surface area contributed by atoms with Gasteiger partial charge in [0.15, 0.2) is 23.0 Å². The zero-order valence-corrected chi connectivity index (χ0v) is 22.5. The van der Waals surface area contributed by atoms with Gasteiger partial charge in [0.2, 0.25) is 0 Å². The van der Waals surface area contributed by atoms with Crippen LogP contribution < -0.4 is 14.2 Å². The number of halogens is 1. The predicted octanol–water partition coefficient (Wildman–Crippen LogP) is 3.08. The number of fused-ring (bicyclic) bond motifs is 1. The van der Waals surface area contributed by atoms with Crippen molar-refractivity contribution in [2.24, 2.45) is 0 Å². The van der Waals surface area contributed by atoms with Crippen LogP contribution in [0.2, 0.25) is 0 Å². The maximum atomic E-state index is 13.4. The minimum absolute atomic E-state index is 0.0438. The van der Waals surface area contributed by atoms with Crippen LogP contribution in [-0.2, 0) is 14.3 Å². The number of rotatable bonds is 7. The molecular weight excluding hydrogens is 560 g/mol. The summed E-state index contributed by atoms with van der Waals surface area (Å²) in [6.07, 6.45) is 0.629. The number of aliphatic hydroxyl groups excluding tert-OH is 1. The van der Waals surface area contributed by atoms with E-state index in [-0.39, 0.29) is 22.8 Å². The molecule has 10 nitrogen and oxygen atoms in total. The minimum atomic E-state index is -0.890. The molecule has 1 atom stereocenters. The number of aromatic hydroxyl groups is 1. The van der Waals surface area contributed by atoms with Crippen LogP contribution in [0.3, 0.4) is 0 Å². The van der Waals surface area contributed by atoms with Crippen LogP contribution in [0.15, 0.2) is 40.4 Å². The summed E-state index contributed by atoms with van der Waals surface area (Å²) >= 11 is 3.34. The van der Waals surface area contributed by atoms with Gasteiger partial charge in [-0.15, -0.1) is 0 Å². The fourth-order valence-electron chi connectivity index (χ4n) is 5.00. The minimum Gasteiger partial charge on any atom is -0.507 e. The molecule has 3 aliphatic heterocycles. The second kappa shape index (κ2) is 11.2. The van der Waals surface area contributed by atoms with Gasteiger partial charge in [-0.25, -0.2) is 0 Å². The number of carbonyl (C=O) groups is 2. The third-order valence-electron chi connectivity index (χ3n) is 6.92. The van der Waals surface area contributed by atoms with Crippen LogP contribution in [-0.4, -0.2) is 91.4 Å². The van der Waals surface area contributed by atoms with Crippen LogP contribution in [0, 0.1) is 0 Å². The number of carbonyl (C=O) groups excluding carboxylic acids is 2. The third kappa shape index (κ3) is 5.05. The number of phenols is 1. The van der Waals surface area contributed by atoms with E-state index in [1.54, 1.807) is 30.3 Å². The Morgan fingerprint density at radius 3 is 2.53 bits per heavy atom. The summed E-state index contributed by atoms with van der Waals surface area (Å²) in [5.41, 5.74) is 0.796. The first-order valence-corrected chi connectivity index (χ1v) is 13.2. The number of hydrogen-bond acceptors (Lipinski definition) is 9. The van der Waals surface area contributed by atoms with E-state index in [9.17, 15) is 19.8 Å². The van der Waals surface area contributed by atoms with E-state index in [0.717, 1.165) is 19.6 Å². The van der Waals surface area contributed by atoms with Crippen molar-refractivity contribution >= 4 is 33.4 Å². The van der Waals surface area contributed by atoms with Crippen LogP contribution in [0.5, 0.6) is 23.0 Å². The molecular formula is C27H29BrN2O8. The number of ketones is 1. The summed E-state index contributed by atoms with van der Waals surface area (Å²) in [6.45, 7) is 4.79. The molecule has 2 N–H and O–H groups in total. The molecule has 0 spiro atoms. The maximum Gasteiger partial charge on any atom is 0.295 e. The first kappa shape index (κ1) is 26.3. The second-order valence-electron chi connectivity index (χ2n) is 9.21. The Morgan fingerprint density at radius 2 is 1.79 bits per heavy atom. The van der Waals surface area contributed by atoms with Crippen LogP contribution in [0.4, 0.5) is 0 Å². The molecule has 0 saturated carbocycles. The predicted molar refractivity (Wildman–Crippen MR) is 141 cm³/mol. The lowest BCUT2D eigenvalue weighted by Gasteiger charge is -2.29. The molecule has 2 fully saturated rings. The van der Waals surface area contributed by atoms with Crippen molar-refractivity contribution in [1.82, 2.24) is 9.80 Å². The topological polar surface area (TPSA) is 118 Å². The molecule has 3 aliphatic rings. The monoisotopic (exact) mass is 588 g/mol. The van der Waals surface area contributed by atoms with Gasteiger partial charge >= 0.3 is 0 Å². The van der Waals surface area contributed by atoms with Crippen molar-refractivity contribution < 1.29 is 38.7 Å². The van der Waals surface area contributed by atoms with E-state index in [1.165, 1.54) is 12.0 Å². The number of Topliss-reactive ketones (excluding diaryl/α,β-unsaturated/α-hetero) is 1. The molecule has 1 amide bonds. The summed E-state index contributed by atoms with van der Waals surface area (Å²) in [6, 6.07) is 7.19. The van der Waals surface area contributed by atoms with Gasteiger partial charge in [0.25, 0.3) is 11.7 Å². The number of aliphatic hydroxyl groups is 1. The number of phenolic OH excluding ortho intramolecular Hbond substituents is 1. The third-order valence-corrected chi connectivity index (χ3v) is 7.52. The first-order chi connectivity index (χ1) is 18.4. The number of hydrogen-bond donors (Lipinski definition) is 2. The largest absolute Gasteiger partial charge is 0.507 e. The molecule has 202 valence electrons. The molecule has 2 aromatic carbocycles. The van der Waals surface area contributed by atoms with Gasteiger partial charge < -0.3 is 34.1 Å².